The number of likely N-dealkylation sites (tertiary alicyclic amines) is 1. The quantitative estimate of drug-likeness (QED) is 0.814. The molecule has 0 radical (unpaired) electrons. The number of amides is 1. The number of carbonyl (C=O) groups excluding carboxylic acids is 1. The van der Waals surface area contributed by atoms with Crippen LogP contribution in [0.5, 0.6) is 0 Å². The second-order valence-electron chi connectivity index (χ2n) is 7.98. The van der Waals surface area contributed by atoms with E-state index in [4.69, 9.17) is 0 Å². The lowest BCUT2D eigenvalue weighted by atomic mass is 9.91. The van der Waals surface area contributed by atoms with Gasteiger partial charge in [-0.3, -0.25) is 9.89 Å². The number of aromatic amines is 1. The number of carbonyl (C=O) groups is 1. The molecule has 7 heteroatoms. The van der Waals surface area contributed by atoms with E-state index in [2.05, 4.69) is 39.3 Å². The van der Waals surface area contributed by atoms with Gasteiger partial charge in [0.2, 0.25) is 5.91 Å². The number of rotatable bonds is 6. The minimum Gasteiger partial charge on any atom is -0.343 e. The zero-order valence-electron chi connectivity index (χ0n) is 16.7. The van der Waals surface area contributed by atoms with Crippen molar-refractivity contribution in [2.45, 2.75) is 53.4 Å². The van der Waals surface area contributed by atoms with Crippen LogP contribution in [0.15, 0.2) is 12.1 Å². The number of H-pyrrole nitrogens is 1. The van der Waals surface area contributed by atoms with Gasteiger partial charge in [0.1, 0.15) is 11.6 Å². The molecular weight excluding hydrogens is 340 g/mol. The van der Waals surface area contributed by atoms with Crippen molar-refractivity contribution in [2.24, 2.45) is 11.8 Å². The van der Waals surface area contributed by atoms with E-state index in [-0.39, 0.29) is 0 Å². The predicted octanol–water partition coefficient (Wildman–Crippen LogP) is 3.39. The summed E-state index contributed by atoms with van der Waals surface area (Å²) in [7, 11) is 0. The fraction of sp³-hybridized carbons (Fsp3) is 0.600. The second kappa shape index (κ2) is 8.50. The van der Waals surface area contributed by atoms with E-state index in [9.17, 15) is 4.79 Å². The summed E-state index contributed by atoms with van der Waals surface area (Å²) in [6.45, 7) is 9.79. The van der Waals surface area contributed by atoms with Gasteiger partial charge in [0, 0.05) is 43.0 Å². The number of piperidine rings is 1. The molecule has 2 aromatic heterocycles. The van der Waals surface area contributed by atoms with Crippen molar-refractivity contribution >= 4 is 17.5 Å². The molecule has 146 valence electrons. The van der Waals surface area contributed by atoms with Crippen LogP contribution in [0.2, 0.25) is 0 Å². The number of hydrogen-bond acceptors (Lipinski definition) is 5. The first-order chi connectivity index (χ1) is 12.9. The van der Waals surface area contributed by atoms with Crippen LogP contribution < -0.4 is 5.32 Å². The van der Waals surface area contributed by atoms with Gasteiger partial charge in [-0.2, -0.15) is 5.10 Å². The molecule has 0 bridgehead atoms. The molecule has 3 rings (SSSR count). The van der Waals surface area contributed by atoms with Gasteiger partial charge in [-0.25, -0.2) is 9.97 Å². The molecule has 2 aromatic rings. The highest BCUT2D eigenvalue weighted by atomic mass is 16.2. The average molecular weight is 371 g/mol. The van der Waals surface area contributed by atoms with Gasteiger partial charge in [-0.05, 0) is 44.9 Å². The zero-order chi connectivity index (χ0) is 19.4. The highest BCUT2D eigenvalue weighted by molar-refractivity contribution is 5.76. The number of aromatic nitrogens is 4. The van der Waals surface area contributed by atoms with Gasteiger partial charge in [-0.15, -0.1) is 0 Å². The molecule has 2 N–H and O–H groups in total. The van der Waals surface area contributed by atoms with Crippen molar-refractivity contribution < 1.29 is 4.79 Å². The Balaban J connectivity index is 1.57. The van der Waals surface area contributed by atoms with E-state index in [1.165, 1.54) is 0 Å². The Labute approximate surface area is 161 Å². The SMILES string of the molecule is Cc1nc(CC2CCN(C(=O)CC(C)C)CC2)cc(Nc2cc(C)[nH]n2)n1. The summed E-state index contributed by atoms with van der Waals surface area (Å²) in [5.74, 6) is 3.56. The maximum Gasteiger partial charge on any atom is 0.222 e. The summed E-state index contributed by atoms with van der Waals surface area (Å²) in [4.78, 5) is 23.3. The van der Waals surface area contributed by atoms with Gasteiger partial charge >= 0.3 is 0 Å². The molecular formula is C20H30N6O. The summed E-state index contributed by atoms with van der Waals surface area (Å²) in [6.07, 6.45) is 3.64. The standard InChI is InChI=1S/C20H30N6O/c1-13(2)9-20(27)26-7-5-16(6-8-26)11-17-12-18(22-15(4)21-17)23-19-10-14(3)24-25-19/h10,12-13,16H,5-9,11H2,1-4H3,(H2,21,22,23,24,25). The summed E-state index contributed by atoms with van der Waals surface area (Å²) >= 11 is 0. The third kappa shape index (κ3) is 5.52. The van der Waals surface area contributed by atoms with E-state index in [1.54, 1.807) is 0 Å². The monoisotopic (exact) mass is 370 g/mol. The Morgan fingerprint density at radius 3 is 2.59 bits per heavy atom. The van der Waals surface area contributed by atoms with Crippen molar-refractivity contribution in [2.75, 3.05) is 18.4 Å². The van der Waals surface area contributed by atoms with Crippen molar-refractivity contribution in [1.82, 2.24) is 25.1 Å². The van der Waals surface area contributed by atoms with Crippen LogP contribution in [0.1, 0.15) is 50.3 Å². The van der Waals surface area contributed by atoms with Crippen LogP contribution in [-0.2, 0) is 11.2 Å². The first-order valence-corrected chi connectivity index (χ1v) is 9.80. The van der Waals surface area contributed by atoms with Crippen LogP contribution in [0.25, 0.3) is 0 Å². The maximum absolute atomic E-state index is 12.2. The molecule has 1 aliphatic heterocycles. The van der Waals surface area contributed by atoms with E-state index >= 15 is 0 Å². The highest BCUT2D eigenvalue weighted by Crippen LogP contribution is 2.23. The van der Waals surface area contributed by atoms with Crippen molar-refractivity contribution in [3.05, 3.63) is 29.3 Å². The summed E-state index contributed by atoms with van der Waals surface area (Å²) in [5, 5.41) is 10.4. The fourth-order valence-electron chi connectivity index (χ4n) is 3.57. The second-order valence-corrected chi connectivity index (χ2v) is 7.98. The molecule has 7 nitrogen and oxygen atoms in total. The maximum atomic E-state index is 12.2. The predicted molar refractivity (Wildman–Crippen MR) is 106 cm³/mol. The highest BCUT2D eigenvalue weighted by Gasteiger charge is 2.23. The smallest absolute Gasteiger partial charge is 0.222 e. The Kier molecular flexibility index (Phi) is 6.08. The molecule has 0 aliphatic carbocycles. The molecule has 1 saturated heterocycles. The number of anilines is 2. The topological polar surface area (TPSA) is 86.8 Å². The van der Waals surface area contributed by atoms with Crippen LogP contribution in [-0.4, -0.2) is 44.1 Å². The largest absolute Gasteiger partial charge is 0.343 e. The van der Waals surface area contributed by atoms with Crippen molar-refractivity contribution in [1.29, 1.82) is 0 Å². The number of hydrogen-bond donors (Lipinski definition) is 2. The van der Waals surface area contributed by atoms with E-state index < -0.39 is 0 Å². The van der Waals surface area contributed by atoms with Gasteiger partial charge < -0.3 is 10.2 Å². The summed E-state index contributed by atoms with van der Waals surface area (Å²) < 4.78 is 0. The number of nitrogens with zero attached hydrogens (tertiary/aromatic N) is 4. The lowest BCUT2D eigenvalue weighted by molar-refractivity contribution is -0.133. The first-order valence-electron chi connectivity index (χ1n) is 9.80. The fourth-order valence-corrected chi connectivity index (χ4v) is 3.57. The van der Waals surface area contributed by atoms with Gasteiger partial charge in [0.05, 0.1) is 0 Å². The van der Waals surface area contributed by atoms with E-state index in [0.29, 0.717) is 24.2 Å². The van der Waals surface area contributed by atoms with Crippen molar-refractivity contribution in [3.8, 4) is 0 Å². The van der Waals surface area contributed by atoms with Crippen LogP contribution in [0.3, 0.4) is 0 Å². The molecule has 1 amide bonds. The molecule has 0 saturated carbocycles. The molecule has 0 aromatic carbocycles. The van der Waals surface area contributed by atoms with E-state index in [0.717, 1.165) is 61.2 Å². The average Bonchev–Trinajstić information content (AvgIpc) is 2.99. The molecule has 0 unspecified atom stereocenters. The van der Waals surface area contributed by atoms with Crippen LogP contribution >= 0.6 is 0 Å². The van der Waals surface area contributed by atoms with Crippen LogP contribution in [0, 0.1) is 25.7 Å². The Hall–Kier alpha value is -2.44. The molecule has 0 atom stereocenters. The van der Waals surface area contributed by atoms with Gasteiger partial charge in [-0.1, -0.05) is 13.8 Å². The molecule has 1 fully saturated rings. The van der Waals surface area contributed by atoms with Gasteiger partial charge in [0.25, 0.3) is 0 Å². The van der Waals surface area contributed by atoms with Crippen LogP contribution in [0.4, 0.5) is 11.6 Å². The van der Waals surface area contributed by atoms with E-state index in [1.807, 2.05) is 30.9 Å². The lowest BCUT2D eigenvalue weighted by Crippen LogP contribution is -2.39. The first kappa shape index (κ1) is 19.3. The molecule has 3 heterocycles. The van der Waals surface area contributed by atoms with Gasteiger partial charge in [0.15, 0.2) is 5.82 Å². The van der Waals surface area contributed by atoms with Crippen molar-refractivity contribution in [3.63, 3.8) is 0 Å². The lowest BCUT2D eigenvalue weighted by Gasteiger charge is -2.32. The Morgan fingerprint density at radius 2 is 1.96 bits per heavy atom. The molecule has 0 spiro atoms. The third-order valence-electron chi connectivity index (χ3n) is 4.90. The molecule has 1 aliphatic rings. The summed E-state index contributed by atoms with van der Waals surface area (Å²) in [5.41, 5.74) is 2.05. The number of nitrogens with one attached hydrogen (secondary N) is 2. The summed E-state index contributed by atoms with van der Waals surface area (Å²) in [6, 6.07) is 3.95. The zero-order valence-corrected chi connectivity index (χ0v) is 16.7. The minimum absolute atomic E-state index is 0.294. The minimum atomic E-state index is 0.294. The normalized spacial score (nSPS) is 15.4. The third-order valence-corrected chi connectivity index (χ3v) is 4.90. The molecule has 27 heavy (non-hydrogen) atoms. The Bertz CT molecular complexity index is 777. The Morgan fingerprint density at radius 1 is 1.22 bits per heavy atom. The number of aryl methyl sites for hydroxylation is 2.